The molecular weight excluding hydrogens is 344 g/mol. The number of amides is 1. The molecule has 0 aromatic carbocycles. The zero-order valence-electron chi connectivity index (χ0n) is 14.9. The highest BCUT2D eigenvalue weighted by Gasteiger charge is 2.32. The smallest absolute Gasteiger partial charge is 0.263 e. The average Bonchev–Trinajstić information content (AvgIpc) is 3.38. The Morgan fingerprint density at radius 1 is 1.31 bits per heavy atom. The lowest BCUT2D eigenvalue weighted by Crippen LogP contribution is -2.28. The Bertz CT molecular complexity index is 966. The minimum Gasteiger partial charge on any atom is -0.337 e. The number of aromatic nitrogens is 3. The van der Waals surface area contributed by atoms with Crippen LogP contribution in [-0.2, 0) is 19.9 Å². The van der Waals surface area contributed by atoms with Crippen LogP contribution in [0.3, 0.4) is 0 Å². The zero-order valence-corrected chi connectivity index (χ0v) is 15.8. The number of nitrogens with zero attached hydrogens (tertiary/aromatic N) is 4. The second-order valence-corrected chi connectivity index (χ2v) is 8.51. The van der Waals surface area contributed by atoms with E-state index in [1.165, 1.54) is 23.3 Å². The largest absolute Gasteiger partial charge is 0.337 e. The van der Waals surface area contributed by atoms with Crippen molar-refractivity contribution in [2.24, 2.45) is 7.05 Å². The van der Waals surface area contributed by atoms with Crippen LogP contribution >= 0.6 is 11.3 Å². The molecule has 0 bridgehead atoms. The summed E-state index contributed by atoms with van der Waals surface area (Å²) in [6, 6.07) is 6.07. The number of aryl methyl sites for hydroxylation is 3. The van der Waals surface area contributed by atoms with Crippen molar-refractivity contribution in [3.63, 3.8) is 0 Å². The maximum atomic E-state index is 13.0. The van der Waals surface area contributed by atoms with Crippen LogP contribution in [0.2, 0.25) is 0 Å². The van der Waals surface area contributed by atoms with Crippen LogP contribution in [0.25, 0.3) is 11.2 Å². The van der Waals surface area contributed by atoms with Gasteiger partial charge in [0.15, 0.2) is 5.65 Å². The number of rotatable bonds is 2. The Balaban J connectivity index is 1.37. The first kappa shape index (κ1) is 16.0. The molecule has 1 fully saturated rings. The Hall–Kier alpha value is -2.21. The normalized spacial score (nSPS) is 19.9. The summed E-state index contributed by atoms with van der Waals surface area (Å²) < 4.78 is 2.08. The minimum atomic E-state index is 0.198. The van der Waals surface area contributed by atoms with Crippen molar-refractivity contribution in [2.45, 2.75) is 38.0 Å². The van der Waals surface area contributed by atoms with Crippen LogP contribution in [0.1, 0.15) is 51.1 Å². The van der Waals surface area contributed by atoms with E-state index in [9.17, 15) is 4.79 Å². The molecule has 26 heavy (non-hydrogen) atoms. The number of imidazole rings is 1. The molecule has 3 aromatic rings. The van der Waals surface area contributed by atoms with E-state index < -0.39 is 0 Å². The number of thiophene rings is 1. The molecule has 0 saturated carbocycles. The maximum absolute atomic E-state index is 13.0. The van der Waals surface area contributed by atoms with E-state index >= 15 is 0 Å². The highest BCUT2D eigenvalue weighted by molar-refractivity contribution is 7.14. The summed E-state index contributed by atoms with van der Waals surface area (Å²) in [4.78, 5) is 26.6. The summed E-state index contributed by atoms with van der Waals surface area (Å²) in [5.74, 6) is 1.52. The van der Waals surface area contributed by atoms with Crippen molar-refractivity contribution in [1.29, 1.82) is 0 Å². The fraction of sp³-hybridized carbons (Fsp3) is 0.450. The van der Waals surface area contributed by atoms with Crippen molar-refractivity contribution >= 4 is 28.4 Å². The van der Waals surface area contributed by atoms with E-state index in [4.69, 9.17) is 4.98 Å². The third-order valence-electron chi connectivity index (χ3n) is 5.71. The van der Waals surface area contributed by atoms with E-state index in [0.29, 0.717) is 0 Å². The molecule has 3 aromatic heterocycles. The molecule has 134 valence electrons. The molecule has 4 heterocycles. The van der Waals surface area contributed by atoms with E-state index in [1.807, 2.05) is 24.1 Å². The topological polar surface area (TPSA) is 51.0 Å². The van der Waals surface area contributed by atoms with Gasteiger partial charge in [-0.05, 0) is 55.9 Å². The summed E-state index contributed by atoms with van der Waals surface area (Å²) in [6.45, 7) is 1.56. The second-order valence-electron chi connectivity index (χ2n) is 7.38. The van der Waals surface area contributed by atoms with E-state index in [2.05, 4.69) is 15.6 Å². The number of carbonyl (C=O) groups excluding carboxylic acids is 1. The summed E-state index contributed by atoms with van der Waals surface area (Å²) in [5, 5.41) is 0. The summed E-state index contributed by atoms with van der Waals surface area (Å²) in [7, 11) is 2.02. The number of carbonyl (C=O) groups is 1. The number of hydrogen-bond acceptors (Lipinski definition) is 4. The zero-order chi connectivity index (χ0) is 17.7. The lowest BCUT2D eigenvalue weighted by atomic mass is 9.99. The Labute approximate surface area is 156 Å². The molecule has 6 heteroatoms. The molecule has 1 unspecified atom stereocenters. The van der Waals surface area contributed by atoms with E-state index in [0.717, 1.165) is 54.2 Å². The maximum Gasteiger partial charge on any atom is 0.263 e. The molecule has 5 rings (SSSR count). The van der Waals surface area contributed by atoms with Crippen LogP contribution in [0.4, 0.5) is 0 Å². The molecule has 0 spiro atoms. The molecule has 1 saturated heterocycles. The van der Waals surface area contributed by atoms with Crippen LogP contribution in [0.5, 0.6) is 0 Å². The number of fused-ring (bicyclic) bond motifs is 2. The van der Waals surface area contributed by atoms with Gasteiger partial charge >= 0.3 is 0 Å². The molecule has 1 aliphatic carbocycles. The molecule has 1 aliphatic heterocycles. The van der Waals surface area contributed by atoms with Crippen LogP contribution < -0.4 is 0 Å². The Morgan fingerprint density at radius 2 is 2.19 bits per heavy atom. The first-order valence-corrected chi connectivity index (χ1v) is 10.2. The van der Waals surface area contributed by atoms with Gasteiger partial charge in [0.2, 0.25) is 0 Å². The highest BCUT2D eigenvalue weighted by Crippen LogP contribution is 2.33. The van der Waals surface area contributed by atoms with Crippen molar-refractivity contribution in [1.82, 2.24) is 19.4 Å². The van der Waals surface area contributed by atoms with Gasteiger partial charge in [-0.25, -0.2) is 9.97 Å². The predicted molar refractivity (Wildman–Crippen MR) is 103 cm³/mol. The molecule has 2 aliphatic rings. The van der Waals surface area contributed by atoms with Gasteiger partial charge in [-0.1, -0.05) is 0 Å². The van der Waals surface area contributed by atoms with Gasteiger partial charge in [0, 0.05) is 37.1 Å². The fourth-order valence-corrected chi connectivity index (χ4v) is 5.54. The summed E-state index contributed by atoms with van der Waals surface area (Å²) in [6.07, 6.45) is 7.56. The third kappa shape index (κ3) is 2.55. The summed E-state index contributed by atoms with van der Waals surface area (Å²) >= 11 is 1.71. The SMILES string of the molecule is Cn1c(C2CCN(C(=O)c3cc4c(s3)CCCC4)C2)nc2cccnc21. The molecule has 1 amide bonds. The first-order chi connectivity index (χ1) is 12.7. The van der Waals surface area contributed by atoms with Gasteiger partial charge in [-0.3, -0.25) is 4.79 Å². The first-order valence-electron chi connectivity index (χ1n) is 9.39. The minimum absolute atomic E-state index is 0.198. The molecular formula is C20H22N4OS. The Kier molecular flexibility index (Phi) is 3.81. The van der Waals surface area contributed by atoms with Crippen LogP contribution in [0.15, 0.2) is 24.4 Å². The predicted octanol–water partition coefficient (Wildman–Crippen LogP) is 3.54. The Morgan fingerprint density at radius 3 is 3.04 bits per heavy atom. The number of hydrogen-bond donors (Lipinski definition) is 0. The quantitative estimate of drug-likeness (QED) is 0.697. The lowest BCUT2D eigenvalue weighted by molar-refractivity contribution is 0.0795. The third-order valence-corrected chi connectivity index (χ3v) is 6.94. The van der Waals surface area contributed by atoms with Crippen LogP contribution in [-0.4, -0.2) is 38.4 Å². The number of pyridine rings is 1. The highest BCUT2D eigenvalue weighted by atomic mass is 32.1. The lowest BCUT2D eigenvalue weighted by Gasteiger charge is -2.15. The van der Waals surface area contributed by atoms with Gasteiger partial charge in [0.05, 0.1) is 4.88 Å². The van der Waals surface area contributed by atoms with Crippen molar-refractivity contribution in [2.75, 3.05) is 13.1 Å². The van der Waals surface area contributed by atoms with Gasteiger partial charge in [-0.15, -0.1) is 11.3 Å². The van der Waals surface area contributed by atoms with E-state index in [-0.39, 0.29) is 11.8 Å². The average molecular weight is 366 g/mol. The molecule has 5 nitrogen and oxygen atoms in total. The second kappa shape index (κ2) is 6.20. The van der Waals surface area contributed by atoms with Gasteiger partial charge in [-0.2, -0.15) is 0 Å². The molecule has 0 radical (unpaired) electrons. The van der Waals surface area contributed by atoms with Gasteiger partial charge < -0.3 is 9.47 Å². The van der Waals surface area contributed by atoms with E-state index in [1.54, 1.807) is 17.5 Å². The van der Waals surface area contributed by atoms with Crippen molar-refractivity contribution < 1.29 is 4.79 Å². The summed E-state index contributed by atoms with van der Waals surface area (Å²) in [5.41, 5.74) is 3.25. The van der Waals surface area contributed by atoms with Crippen molar-refractivity contribution in [3.05, 3.63) is 45.5 Å². The van der Waals surface area contributed by atoms with Crippen LogP contribution in [0, 0.1) is 0 Å². The monoisotopic (exact) mass is 366 g/mol. The standard InChI is InChI=1S/C20H22N4OS/c1-23-18(22-15-6-4-9-21-19(15)23)14-8-10-24(12-14)20(25)17-11-13-5-2-3-7-16(13)26-17/h4,6,9,11,14H,2-3,5,7-8,10,12H2,1H3. The van der Waals surface area contributed by atoms with Gasteiger partial charge in [0.1, 0.15) is 11.3 Å². The number of likely N-dealkylation sites (tertiary alicyclic amines) is 1. The molecule has 0 N–H and O–H groups in total. The molecule has 1 atom stereocenters. The fourth-order valence-electron chi connectivity index (χ4n) is 4.31. The van der Waals surface area contributed by atoms with Crippen molar-refractivity contribution in [3.8, 4) is 0 Å². The van der Waals surface area contributed by atoms with Gasteiger partial charge in [0.25, 0.3) is 5.91 Å².